The first-order valence-corrected chi connectivity index (χ1v) is 11.8. The molecule has 0 amide bonds. The molecule has 202 valence electrons. The number of aromatic carboxylic acids is 1. The Bertz CT molecular complexity index is 620. The van der Waals surface area contributed by atoms with E-state index >= 15 is 0 Å². The molecular formula is C25H44O9Ti. The summed E-state index contributed by atoms with van der Waals surface area (Å²) in [6.07, 6.45) is 8.15. The number of carbonyl (C=O) groups is 3. The summed E-state index contributed by atoms with van der Waals surface area (Å²) in [4.78, 5) is 32.5. The Morgan fingerprint density at radius 1 is 0.686 bits per heavy atom. The molecule has 1 aliphatic heterocycles. The maximum absolute atomic E-state index is 11.0. The van der Waals surface area contributed by atoms with Gasteiger partial charge in [-0.1, -0.05) is 53.4 Å². The molecule has 0 saturated carbocycles. The zero-order valence-electron chi connectivity index (χ0n) is 21.6. The van der Waals surface area contributed by atoms with Crippen molar-refractivity contribution in [1.29, 1.82) is 0 Å². The topological polar surface area (TPSA) is 162 Å². The summed E-state index contributed by atoms with van der Waals surface area (Å²) in [5.74, 6) is -2.69. The van der Waals surface area contributed by atoms with Gasteiger partial charge >= 0.3 is 17.9 Å². The van der Waals surface area contributed by atoms with Gasteiger partial charge in [-0.2, -0.15) is 0 Å². The van der Waals surface area contributed by atoms with Gasteiger partial charge in [0.1, 0.15) is 0 Å². The van der Waals surface area contributed by atoms with Crippen molar-refractivity contribution in [1.82, 2.24) is 0 Å². The van der Waals surface area contributed by atoms with Gasteiger partial charge in [-0.25, -0.2) is 14.4 Å². The number of ether oxygens (including phenoxy) is 1. The summed E-state index contributed by atoms with van der Waals surface area (Å²) >= 11 is 0. The number of hydrogen-bond acceptors (Lipinski definition) is 8. The average molecular weight is 536 g/mol. The van der Waals surface area contributed by atoms with Crippen LogP contribution in [0.15, 0.2) is 18.2 Å². The molecule has 1 aromatic carbocycles. The molecule has 5 N–H and O–H groups in total. The number of rotatable bonds is 9. The molecule has 35 heavy (non-hydrogen) atoms. The first-order valence-electron chi connectivity index (χ1n) is 11.8. The molecule has 1 aromatic rings. The second kappa shape index (κ2) is 30.4. The fraction of sp³-hybridized carbons (Fsp3) is 0.640. The zero-order valence-corrected chi connectivity index (χ0v) is 23.1. The number of carboxylic acids is 1. The number of hydrogen-bond donors (Lipinski definition) is 5. The molecule has 0 spiro atoms. The Kier molecular flexibility index (Phi) is 35.2. The SMILES string of the molecule is CCCCO.CCCCO.CCCCO.CCCCO.O=C(O)c1ccc2c(c1)C(=O)OC2=O.[Ti]. The molecule has 1 heterocycles. The number of aliphatic hydroxyl groups excluding tert-OH is 4. The maximum Gasteiger partial charge on any atom is 0.346 e. The van der Waals surface area contributed by atoms with E-state index in [1.54, 1.807) is 0 Å². The van der Waals surface area contributed by atoms with E-state index in [9.17, 15) is 14.4 Å². The van der Waals surface area contributed by atoms with Gasteiger partial charge in [-0.3, -0.25) is 0 Å². The number of unbranched alkanes of at least 4 members (excludes halogenated alkanes) is 4. The number of fused-ring (bicyclic) bond motifs is 1. The van der Waals surface area contributed by atoms with Crippen molar-refractivity contribution in [2.75, 3.05) is 26.4 Å². The summed E-state index contributed by atoms with van der Waals surface area (Å²) < 4.78 is 4.30. The molecule has 0 bridgehead atoms. The number of aliphatic hydroxyl groups is 4. The van der Waals surface area contributed by atoms with Crippen molar-refractivity contribution >= 4 is 17.9 Å². The Labute approximate surface area is 224 Å². The summed E-state index contributed by atoms with van der Waals surface area (Å²) in [6, 6.07) is 3.65. The Hall–Kier alpha value is -1.62. The summed E-state index contributed by atoms with van der Waals surface area (Å²) in [6.45, 7) is 9.58. The molecule has 10 heteroatoms. The van der Waals surface area contributed by atoms with Crippen LogP contribution in [0.1, 0.15) is 110 Å². The zero-order chi connectivity index (χ0) is 26.8. The van der Waals surface area contributed by atoms with Crippen LogP contribution in [-0.4, -0.2) is 69.9 Å². The molecule has 0 radical (unpaired) electrons. The van der Waals surface area contributed by atoms with E-state index in [2.05, 4.69) is 32.4 Å². The molecule has 0 saturated heterocycles. The van der Waals surface area contributed by atoms with Crippen LogP contribution in [0.4, 0.5) is 0 Å². The molecule has 9 nitrogen and oxygen atoms in total. The molecule has 0 unspecified atom stereocenters. The van der Waals surface area contributed by atoms with Crippen molar-refractivity contribution in [2.24, 2.45) is 0 Å². The van der Waals surface area contributed by atoms with Crippen molar-refractivity contribution < 1.29 is 66.4 Å². The smallest absolute Gasteiger partial charge is 0.346 e. The number of carbonyl (C=O) groups excluding carboxylic acids is 2. The quantitative estimate of drug-likeness (QED) is 0.180. The van der Waals surface area contributed by atoms with Crippen LogP contribution in [0, 0.1) is 0 Å². The first kappa shape index (κ1) is 40.5. The van der Waals surface area contributed by atoms with Crippen LogP contribution in [0.5, 0.6) is 0 Å². The van der Waals surface area contributed by atoms with Crippen molar-refractivity contribution in [3.8, 4) is 0 Å². The van der Waals surface area contributed by atoms with E-state index in [0.29, 0.717) is 26.4 Å². The van der Waals surface area contributed by atoms with Gasteiger partial charge in [-0.15, -0.1) is 0 Å². The van der Waals surface area contributed by atoms with Crippen LogP contribution in [0.2, 0.25) is 0 Å². The number of carboxylic acid groups (broad SMARTS) is 1. The van der Waals surface area contributed by atoms with Crippen molar-refractivity contribution in [3.63, 3.8) is 0 Å². The predicted molar refractivity (Wildman–Crippen MR) is 131 cm³/mol. The van der Waals surface area contributed by atoms with E-state index in [1.807, 2.05) is 0 Å². The molecule has 1 aliphatic rings. The Balaban J connectivity index is -0.000000193. The minimum Gasteiger partial charge on any atom is -0.478 e. The standard InChI is InChI=1S/C9H4O5.4C4H10O.Ti/c10-7(11)4-1-2-5-6(3-4)9(13)14-8(5)12;4*1-2-3-4-5;/h1-3H,(H,10,11);4*5H,2-4H2,1H3;. The molecule has 2 rings (SSSR count). The maximum atomic E-state index is 11.0. The van der Waals surface area contributed by atoms with Crippen molar-refractivity contribution in [3.05, 3.63) is 34.9 Å². The third kappa shape index (κ3) is 23.9. The fourth-order valence-electron chi connectivity index (χ4n) is 1.85. The average Bonchev–Trinajstić information content (AvgIpc) is 3.10. The largest absolute Gasteiger partial charge is 0.478 e. The van der Waals surface area contributed by atoms with Gasteiger partial charge in [0.05, 0.1) is 16.7 Å². The van der Waals surface area contributed by atoms with Gasteiger partial charge in [0.15, 0.2) is 0 Å². The second-order valence-corrected chi connectivity index (χ2v) is 7.05. The third-order valence-corrected chi connectivity index (χ3v) is 3.94. The van der Waals surface area contributed by atoms with Gasteiger partial charge in [-0.05, 0) is 43.9 Å². The van der Waals surface area contributed by atoms with Gasteiger partial charge in [0.2, 0.25) is 0 Å². The van der Waals surface area contributed by atoms with Gasteiger partial charge in [0, 0.05) is 48.1 Å². The molecule has 0 aromatic heterocycles. The van der Waals surface area contributed by atoms with E-state index in [1.165, 1.54) is 12.1 Å². The fourth-order valence-corrected chi connectivity index (χ4v) is 1.85. The van der Waals surface area contributed by atoms with E-state index in [-0.39, 0.29) is 38.4 Å². The van der Waals surface area contributed by atoms with E-state index < -0.39 is 17.9 Å². The minimum absolute atomic E-state index is 0. The van der Waals surface area contributed by atoms with E-state index in [4.69, 9.17) is 25.5 Å². The van der Waals surface area contributed by atoms with Crippen LogP contribution < -0.4 is 0 Å². The molecular weight excluding hydrogens is 492 g/mol. The number of cyclic esters (lactones) is 2. The third-order valence-electron chi connectivity index (χ3n) is 3.94. The molecule has 0 fully saturated rings. The summed E-state index contributed by atoms with van der Waals surface area (Å²) in [7, 11) is 0. The summed E-state index contributed by atoms with van der Waals surface area (Å²) in [5, 5.41) is 40.9. The normalized spacial score (nSPS) is 10.3. The first-order chi connectivity index (χ1) is 16.2. The van der Waals surface area contributed by atoms with Crippen LogP contribution in [-0.2, 0) is 26.5 Å². The van der Waals surface area contributed by atoms with Crippen LogP contribution >= 0.6 is 0 Å². The monoisotopic (exact) mass is 536 g/mol. The molecule has 0 atom stereocenters. The Morgan fingerprint density at radius 3 is 1.29 bits per heavy atom. The summed E-state index contributed by atoms with van der Waals surface area (Å²) in [5.41, 5.74) is 0.0744. The minimum atomic E-state index is -1.15. The van der Waals surface area contributed by atoms with Gasteiger partial charge < -0.3 is 30.3 Å². The number of esters is 2. The van der Waals surface area contributed by atoms with E-state index in [0.717, 1.165) is 57.4 Å². The predicted octanol–water partition coefficient (Wildman–Crippen LogP) is 3.81. The van der Waals surface area contributed by atoms with Gasteiger partial charge in [0.25, 0.3) is 0 Å². The van der Waals surface area contributed by atoms with Crippen molar-refractivity contribution in [2.45, 2.75) is 79.1 Å². The number of benzene rings is 1. The second-order valence-electron chi connectivity index (χ2n) is 7.05. The van der Waals surface area contributed by atoms with Crippen LogP contribution in [0.3, 0.4) is 0 Å². The molecule has 0 aliphatic carbocycles. The van der Waals surface area contributed by atoms with Crippen LogP contribution in [0.25, 0.3) is 0 Å². The Morgan fingerprint density at radius 2 is 1.03 bits per heavy atom.